The quantitative estimate of drug-likeness (QED) is 0.758. The second-order valence-electron chi connectivity index (χ2n) is 6.13. The Kier molecular flexibility index (Phi) is 4.34. The Morgan fingerprint density at radius 3 is 2.43 bits per heavy atom. The summed E-state index contributed by atoms with van der Waals surface area (Å²) < 4.78 is 44.0. The van der Waals surface area contributed by atoms with Gasteiger partial charge in [-0.1, -0.05) is 0 Å². The number of carbonyl (C=O) groups excluding carboxylic acids is 2. The van der Waals surface area contributed by atoms with E-state index in [1.54, 1.807) is 6.07 Å². The van der Waals surface area contributed by atoms with Crippen LogP contribution in [0.15, 0.2) is 41.3 Å². The molecule has 2 aromatic rings. The highest BCUT2D eigenvalue weighted by molar-refractivity contribution is 7.92. The molecule has 1 saturated heterocycles. The van der Waals surface area contributed by atoms with Gasteiger partial charge in [0.2, 0.25) is 18.6 Å². The summed E-state index contributed by atoms with van der Waals surface area (Å²) in [5.74, 6) is 0.281. The number of benzene rings is 2. The molecule has 0 spiro atoms. The average Bonchev–Trinajstić information content (AvgIpc) is 3.26. The van der Waals surface area contributed by atoms with Crippen molar-refractivity contribution in [3.05, 3.63) is 36.4 Å². The number of sulfonamides is 1. The van der Waals surface area contributed by atoms with Crippen molar-refractivity contribution in [3.8, 4) is 17.2 Å². The second kappa shape index (κ2) is 6.71. The Hall–Kier alpha value is -3.27. The molecular weight excluding hydrogens is 388 g/mol. The van der Waals surface area contributed by atoms with Gasteiger partial charge in [-0.2, -0.15) is 0 Å². The smallest absolute Gasteiger partial charge is 0.265 e. The molecule has 0 radical (unpaired) electrons. The summed E-state index contributed by atoms with van der Waals surface area (Å²) >= 11 is 0. The molecule has 0 aliphatic carbocycles. The lowest BCUT2D eigenvalue weighted by Gasteiger charge is -2.17. The van der Waals surface area contributed by atoms with E-state index in [4.69, 9.17) is 14.2 Å². The lowest BCUT2D eigenvalue weighted by atomic mass is 10.2. The number of rotatable bonds is 5. The van der Waals surface area contributed by atoms with Crippen molar-refractivity contribution >= 4 is 33.2 Å². The van der Waals surface area contributed by atoms with Gasteiger partial charge in [-0.05, 0) is 30.3 Å². The van der Waals surface area contributed by atoms with E-state index in [-0.39, 0.29) is 53.5 Å². The Bertz CT molecular complexity index is 1070. The predicted molar refractivity (Wildman–Crippen MR) is 98.1 cm³/mol. The third-order valence-corrected chi connectivity index (χ3v) is 5.77. The van der Waals surface area contributed by atoms with Crippen molar-refractivity contribution in [2.24, 2.45) is 0 Å². The molecule has 0 saturated carbocycles. The van der Waals surface area contributed by atoms with Crippen molar-refractivity contribution in [1.29, 1.82) is 0 Å². The minimum atomic E-state index is -4.08. The Balaban J connectivity index is 1.71. The van der Waals surface area contributed by atoms with Gasteiger partial charge in [0.05, 0.1) is 18.5 Å². The van der Waals surface area contributed by atoms with Crippen LogP contribution in [0.3, 0.4) is 0 Å². The number of methoxy groups -OCH3 is 1. The number of imide groups is 1. The molecule has 4 rings (SSSR count). The average molecular weight is 404 g/mol. The van der Waals surface area contributed by atoms with E-state index < -0.39 is 10.0 Å². The van der Waals surface area contributed by atoms with Crippen LogP contribution in [0.2, 0.25) is 0 Å². The van der Waals surface area contributed by atoms with Gasteiger partial charge in [0, 0.05) is 18.9 Å². The Morgan fingerprint density at radius 2 is 1.71 bits per heavy atom. The summed E-state index contributed by atoms with van der Waals surface area (Å²) in [7, 11) is -2.75. The lowest BCUT2D eigenvalue weighted by molar-refractivity contribution is -0.121. The topological polar surface area (TPSA) is 111 Å². The summed E-state index contributed by atoms with van der Waals surface area (Å²) in [6.45, 7) is 0.0687. The molecule has 1 fully saturated rings. The van der Waals surface area contributed by atoms with Crippen LogP contribution in [0.4, 0.5) is 11.4 Å². The fraction of sp³-hybridized carbons (Fsp3) is 0.222. The van der Waals surface area contributed by atoms with Crippen LogP contribution in [0.5, 0.6) is 17.2 Å². The van der Waals surface area contributed by atoms with E-state index in [1.807, 2.05) is 0 Å². The van der Waals surface area contributed by atoms with E-state index in [0.717, 1.165) is 4.90 Å². The van der Waals surface area contributed by atoms with Crippen molar-refractivity contribution in [1.82, 2.24) is 0 Å². The lowest BCUT2D eigenvalue weighted by Crippen LogP contribution is -2.28. The van der Waals surface area contributed by atoms with E-state index in [9.17, 15) is 18.0 Å². The third kappa shape index (κ3) is 3.11. The highest BCUT2D eigenvalue weighted by Crippen LogP contribution is 2.36. The Labute approximate surface area is 160 Å². The first-order chi connectivity index (χ1) is 13.4. The van der Waals surface area contributed by atoms with Crippen LogP contribution in [-0.4, -0.2) is 34.1 Å². The monoisotopic (exact) mass is 404 g/mol. The fourth-order valence-corrected chi connectivity index (χ4v) is 4.29. The van der Waals surface area contributed by atoms with Gasteiger partial charge in [0.1, 0.15) is 10.6 Å². The standard InChI is InChI=1S/C18H16N2O7S/c1-25-14-5-3-12(20-17(21)6-7-18(20)22)9-16(14)28(23,24)19-11-2-4-13-15(8-11)27-10-26-13/h2-5,8-9,19H,6-7,10H2,1H3. The number of nitrogens with zero attached hydrogens (tertiary/aromatic N) is 1. The maximum atomic E-state index is 13.0. The van der Waals surface area contributed by atoms with Crippen molar-refractivity contribution < 1.29 is 32.2 Å². The molecule has 28 heavy (non-hydrogen) atoms. The molecule has 9 nitrogen and oxygen atoms in total. The summed E-state index contributed by atoms with van der Waals surface area (Å²) in [5.41, 5.74) is 0.449. The number of hydrogen-bond acceptors (Lipinski definition) is 7. The van der Waals surface area contributed by atoms with Crippen LogP contribution in [0.25, 0.3) is 0 Å². The van der Waals surface area contributed by atoms with E-state index in [1.165, 1.54) is 37.4 Å². The molecule has 0 aromatic heterocycles. The molecule has 2 aromatic carbocycles. The molecule has 0 atom stereocenters. The zero-order valence-electron chi connectivity index (χ0n) is 14.8. The molecule has 0 unspecified atom stereocenters. The van der Waals surface area contributed by atoms with Crippen molar-refractivity contribution in [2.45, 2.75) is 17.7 Å². The molecule has 2 heterocycles. The van der Waals surface area contributed by atoms with E-state index >= 15 is 0 Å². The molecule has 0 bridgehead atoms. The maximum absolute atomic E-state index is 13.0. The molecule has 1 N–H and O–H groups in total. The first-order valence-electron chi connectivity index (χ1n) is 8.35. The van der Waals surface area contributed by atoms with E-state index in [0.29, 0.717) is 11.5 Å². The normalized spacial score (nSPS) is 15.8. The fourth-order valence-electron chi connectivity index (χ4n) is 3.05. The zero-order chi connectivity index (χ0) is 19.9. The summed E-state index contributed by atoms with van der Waals surface area (Å²) in [5, 5.41) is 0. The van der Waals surface area contributed by atoms with Gasteiger partial charge in [-0.25, -0.2) is 8.42 Å². The first-order valence-corrected chi connectivity index (χ1v) is 9.83. The van der Waals surface area contributed by atoms with Gasteiger partial charge >= 0.3 is 0 Å². The SMILES string of the molecule is COc1ccc(N2C(=O)CCC2=O)cc1S(=O)(=O)Nc1ccc2c(c1)OCO2. The number of anilines is 2. The van der Waals surface area contributed by atoms with Gasteiger partial charge in [0.25, 0.3) is 10.0 Å². The van der Waals surface area contributed by atoms with Gasteiger partial charge in [-0.3, -0.25) is 19.2 Å². The summed E-state index contributed by atoms with van der Waals surface area (Å²) in [6, 6.07) is 8.76. The number of hydrogen-bond donors (Lipinski definition) is 1. The van der Waals surface area contributed by atoms with Gasteiger partial charge < -0.3 is 14.2 Å². The second-order valence-corrected chi connectivity index (χ2v) is 7.78. The molecule has 146 valence electrons. The predicted octanol–water partition coefficient (Wildman–Crippen LogP) is 1.88. The minimum Gasteiger partial charge on any atom is -0.495 e. The van der Waals surface area contributed by atoms with E-state index in [2.05, 4.69) is 4.72 Å². The summed E-state index contributed by atoms with van der Waals surface area (Å²) in [4.78, 5) is 24.8. The first kappa shape index (κ1) is 18.1. The molecule has 2 amide bonds. The van der Waals surface area contributed by atoms with Crippen LogP contribution >= 0.6 is 0 Å². The van der Waals surface area contributed by atoms with Crippen molar-refractivity contribution in [2.75, 3.05) is 23.5 Å². The Morgan fingerprint density at radius 1 is 1.00 bits per heavy atom. The highest BCUT2D eigenvalue weighted by Gasteiger charge is 2.32. The number of carbonyl (C=O) groups is 2. The number of nitrogens with one attached hydrogen (secondary N) is 1. The van der Waals surface area contributed by atoms with Gasteiger partial charge in [0.15, 0.2) is 11.5 Å². The number of amides is 2. The maximum Gasteiger partial charge on any atom is 0.265 e. The number of fused-ring (bicyclic) bond motifs is 1. The third-order valence-electron chi connectivity index (χ3n) is 4.37. The van der Waals surface area contributed by atoms with Crippen LogP contribution < -0.4 is 23.8 Å². The zero-order valence-corrected chi connectivity index (χ0v) is 15.6. The molecule has 2 aliphatic heterocycles. The van der Waals surface area contributed by atoms with Crippen molar-refractivity contribution in [3.63, 3.8) is 0 Å². The number of ether oxygens (including phenoxy) is 3. The molecule has 10 heteroatoms. The highest BCUT2D eigenvalue weighted by atomic mass is 32.2. The largest absolute Gasteiger partial charge is 0.495 e. The minimum absolute atomic E-state index is 0.0687. The molecular formula is C18H16N2O7S. The van der Waals surface area contributed by atoms with Crippen LogP contribution in [0, 0.1) is 0 Å². The summed E-state index contributed by atoms with van der Waals surface area (Å²) in [6.07, 6.45) is 0.199. The van der Waals surface area contributed by atoms with Gasteiger partial charge in [-0.15, -0.1) is 0 Å². The van der Waals surface area contributed by atoms with Crippen LogP contribution in [0.1, 0.15) is 12.8 Å². The molecule has 2 aliphatic rings. The van der Waals surface area contributed by atoms with Crippen LogP contribution in [-0.2, 0) is 19.6 Å².